The van der Waals surface area contributed by atoms with Crippen molar-refractivity contribution in [1.29, 1.82) is 0 Å². The number of tetrazole rings is 1. The van der Waals surface area contributed by atoms with Gasteiger partial charge in [0.05, 0.1) is 18.8 Å². The molecule has 0 saturated heterocycles. The Labute approximate surface area is 225 Å². The minimum atomic E-state index is -0.199. The lowest BCUT2D eigenvalue weighted by atomic mass is 9.95. The summed E-state index contributed by atoms with van der Waals surface area (Å²) < 4.78 is 6.02. The number of nitrogens with zero attached hydrogens (tertiary/aromatic N) is 6. The SMILES string of the molecule is Cc1cc(C)cc(CN(c2nnn(C)n2)[C@H]2CCCN(C(=O)OC3CCCC3)c3cc4c(cc32)CCC4)c1. The molecule has 0 unspecified atom stereocenters. The predicted molar refractivity (Wildman–Crippen MR) is 147 cm³/mol. The molecule has 38 heavy (non-hydrogen) atoms. The number of benzene rings is 2. The maximum atomic E-state index is 13.5. The van der Waals surface area contributed by atoms with E-state index in [0.29, 0.717) is 19.0 Å². The minimum absolute atomic E-state index is 0.0187. The second-order valence-corrected chi connectivity index (χ2v) is 11.3. The van der Waals surface area contributed by atoms with Crippen LogP contribution in [0.1, 0.15) is 84.4 Å². The van der Waals surface area contributed by atoms with E-state index in [1.165, 1.54) is 38.2 Å². The lowest BCUT2D eigenvalue weighted by molar-refractivity contribution is 0.107. The van der Waals surface area contributed by atoms with Crippen molar-refractivity contribution >= 4 is 17.7 Å². The van der Waals surface area contributed by atoms with E-state index < -0.39 is 0 Å². The molecule has 8 nitrogen and oxygen atoms in total. The van der Waals surface area contributed by atoms with Gasteiger partial charge in [-0.05, 0) is 105 Å². The number of ether oxygens (including phenoxy) is 1. The largest absolute Gasteiger partial charge is 0.446 e. The van der Waals surface area contributed by atoms with E-state index in [1.807, 2.05) is 4.90 Å². The number of carbonyl (C=O) groups is 1. The number of anilines is 2. The van der Waals surface area contributed by atoms with Crippen LogP contribution >= 0.6 is 0 Å². The van der Waals surface area contributed by atoms with Gasteiger partial charge in [-0.15, -0.1) is 5.10 Å². The van der Waals surface area contributed by atoms with Gasteiger partial charge in [-0.1, -0.05) is 40.5 Å². The number of hydrogen-bond acceptors (Lipinski definition) is 6. The molecule has 200 valence electrons. The zero-order valence-electron chi connectivity index (χ0n) is 22.8. The molecular weight excluding hydrogens is 476 g/mol. The Hall–Kier alpha value is -3.42. The van der Waals surface area contributed by atoms with Gasteiger partial charge in [0.25, 0.3) is 5.95 Å². The Kier molecular flexibility index (Phi) is 6.80. The first-order valence-electron chi connectivity index (χ1n) is 14.2. The molecule has 8 heteroatoms. The summed E-state index contributed by atoms with van der Waals surface area (Å²) in [5, 5.41) is 13.3. The van der Waals surface area contributed by atoms with Crippen LogP contribution in [0.15, 0.2) is 30.3 Å². The molecule has 3 aromatic rings. The third-order valence-electron chi connectivity index (χ3n) is 8.31. The van der Waals surface area contributed by atoms with Crippen molar-refractivity contribution in [2.75, 3.05) is 16.3 Å². The van der Waals surface area contributed by atoms with Crippen molar-refractivity contribution in [3.05, 3.63) is 63.7 Å². The Bertz CT molecular complexity index is 1310. The van der Waals surface area contributed by atoms with Gasteiger partial charge in [0, 0.05) is 13.1 Å². The lowest BCUT2D eigenvalue weighted by Gasteiger charge is -2.32. The molecule has 2 heterocycles. The van der Waals surface area contributed by atoms with Crippen molar-refractivity contribution < 1.29 is 9.53 Å². The summed E-state index contributed by atoms with van der Waals surface area (Å²) in [6, 6.07) is 11.3. The molecule has 1 atom stereocenters. The van der Waals surface area contributed by atoms with Crippen molar-refractivity contribution in [3.63, 3.8) is 0 Å². The van der Waals surface area contributed by atoms with Crippen molar-refractivity contribution in [2.24, 2.45) is 7.05 Å². The average Bonchev–Trinajstić information content (AvgIpc) is 3.62. The predicted octanol–water partition coefficient (Wildman–Crippen LogP) is 5.74. The quantitative estimate of drug-likeness (QED) is 0.432. The molecule has 1 aliphatic heterocycles. The maximum Gasteiger partial charge on any atom is 0.414 e. The first kappa shape index (κ1) is 24.9. The highest BCUT2D eigenvalue weighted by atomic mass is 16.6. The number of amides is 1. The Balaban J connectivity index is 1.41. The fraction of sp³-hybridized carbons (Fsp3) is 0.533. The molecule has 0 N–H and O–H groups in total. The molecule has 1 amide bonds. The molecule has 1 saturated carbocycles. The number of aryl methyl sites for hydroxylation is 5. The van der Waals surface area contributed by atoms with Crippen LogP contribution in [-0.2, 0) is 31.2 Å². The summed E-state index contributed by atoms with van der Waals surface area (Å²) in [4.78, 5) is 19.3. The summed E-state index contributed by atoms with van der Waals surface area (Å²) in [7, 11) is 1.81. The summed E-state index contributed by atoms with van der Waals surface area (Å²) >= 11 is 0. The minimum Gasteiger partial charge on any atom is -0.446 e. The zero-order chi connectivity index (χ0) is 26.2. The number of carbonyl (C=O) groups excluding carboxylic acids is 1. The molecular formula is C30H38N6O2. The van der Waals surface area contributed by atoms with Gasteiger partial charge in [-0.3, -0.25) is 4.90 Å². The summed E-state index contributed by atoms with van der Waals surface area (Å²) in [5.74, 6) is 0.616. The van der Waals surface area contributed by atoms with Crippen molar-refractivity contribution in [1.82, 2.24) is 20.2 Å². The second kappa shape index (κ2) is 10.4. The Morgan fingerprint density at radius 3 is 2.42 bits per heavy atom. The third-order valence-corrected chi connectivity index (χ3v) is 8.31. The first-order chi connectivity index (χ1) is 18.4. The van der Waals surface area contributed by atoms with Crippen molar-refractivity contribution in [3.8, 4) is 0 Å². The van der Waals surface area contributed by atoms with Gasteiger partial charge in [-0.2, -0.15) is 4.80 Å². The number of hydrogen-bond donors (Lipinski definition) is 0. The molecule has 1 fully saturated rings. The van der Waals surface area contributed by atoms with Gasteiger partial charge in [0.2, 0.25) is 0 Å². The van der Waals surface area contributed by atoms with Crippen LogP contribution in [0.3, 0.4) is 0 Å². The van der Waals surface area contributed by atoms with E-state index in [0.717, 1.165) is 63.5 Å². The standard InChI is InChI=1S/C30H38N6O2/c1-20-14-21(2)16-22(15-20)19-36(29-31-33-34(3)32-29)27-12-7-13-35(30(37)38-25-10-4-5-11-25)28-18-24-9-6-8-23(24)17-26(27)28/h14-18,25,27H,4-13,19H2,1-3H3/t27-/m0/s1. The molecule has 6 rings (SSSR count). The Morgan fingerprint density at radius 1 is 0.974 bits per heavy atom. The molecule has 0 spiro atoms. The molecule has 2 aliphatic carbocycles. The fourth-order valence-corrected chi connectivity index (χ4v) is 6.64. The van der Waals surface area contributed by atoms with E-state index in [9.17, 15) is 4.79 Å². The molecule has 2 aromatic carbocycles. The van der Waals surface area contributed by atoms with Crippen LogP contribution < -0.4 is 9.80 Å². The van der Waals surface area contributed by atoms with E-state index in [4.69, 9.17) is 4.74 Å². The normalized spacial score (nSPS) is 19.2. The van der Waals surface area contributed by atoms with Gasteiger partial charge in [-0.25, -0.2) is 4.79 Å². The third kappa shape index (κ3) is 5.00. The monoisotopic (exact) mass is 514 g/mol. The van der Waals surface area contributed by atoms with Gasteiger partial charge < -0.3 is 9.64 Å². The van der Waals surface area contributed by atoms with Gasteiger partial charge >= 0.3 is 6.09 Å². The summed E-state index contributed by atoms with van der Waals surface area (Å²) in [6.07, 6.45) is 9.15. The molecule has 0 radical (unpaired) electrons. The second-order valence-electron chi connectivity index (χ2n) is 11.3. The lowest BCUT2D eigenvalue weighted by Crippen LogP contribution is -2.35. The van der Waals surface area contributed by atoms with Crippen molar-refractivity contribution in [2.45, 2.75) is 90.3 Å². The number of rotatable bonds is 5. The van der Waals surface area contributed by atoms with Gasteiger partial charge in [0.15, 0.2) is 0 Å². The topological polar surface area (TPSA) is 76.4 Å². The average molecular weight is 515 g/mol. The smallest absolute Gasteiger partial charge is 0.414 e. The van der Waals surface area contributed by atoms with Gasteiger partial charge in [0.1, 0.15) is 6.10 Å². The highest BCUT2D eigenvalue weighted by molar-refractivity contribution is 5.89. The summed E-state index contributed by atoms with van der Waals surface area (Å²) in [6.45, 7) is 5.60. The highest BCUT2D eigenvalue weighted by Gasteiger charge is 2.35. The molecule has 3 aliphatic rings. The highest BCUT2D eigenvalue weighted by Crippen LogP contribution is 2.42. The van der Waals surface area contributed by atoms with Crippen LogP contribution in [0, 0.1) is 13.8 Å². The number of fused-ring (bicyclic) bond motifs is 2. The van der Waals surface area contributed by atoms with E-state index >= 15 is 0 Å². The van der Waals surface area contributed by atoms with E-state index in [-0.39, 0.29) is 18.2 Å². The molecule has 1 aromatic heterocycles. The van der Waals surface area contributed by atoms with E-state index in [2.05, 4.69) is 64.5 Å². The fourth-order valence-electron chi connectivity index (χ4n) is 6.64. The first-order valence-corrected chi connectivity index (χ1v) is 14.2. The maximum absolute atomic E-state index is 13.5. The zero-order valence-corrected chi connectivity index (χ0v) is 22.8. The van der Waals surface area contributed by atoms with Crippen LogP contribution in [0.2, 0.25) is 0 Å². The summed E-state index contributed by atoms with van der Waals surface area (Å²) in [5.41, 5.74) is 8.63. The van der Waals surface area contributed by atoms with Crippen LogP contribution in [-0.4, -0.2) is 38.9 Å². The molecule has 0 bridgehead atoms. The van der Waals surface area contributed by atoms with Crippen LogP contribution in [0.25, 0.3) is 0 Å². The van der Waals surface area contributed by atoms with Crippen LogP contribution in [0.5, 0.6) is 0 Å². The number of aromatic nitrogens is 4. The van der Waals surface area contributed by atoms with E-state index in [1.54, 1.807) is 7.05 Å². The Morgan fingerprint density at radius 2 is 1.71 bits per heavy atom. The van der Waals surface area contributed by atoms with Crippen LogP contribution in [0.4, 0.5) is 16.4 Å².